The van der Waals surface area contributed by atoms with Crippen molar-refractivity contribution < 1.29 is 4.63 Å². The highest BCUT2D eigenvalue weighted by molar-refractivity contribution is 9.10. The molecule has 19 heavy (non-hydrogen) atoms. The van der Waals surface area contributed by atoms with E-state index in [9.17, 15) is 0 Å². The topological polar surface area (TPSA) is 82.8 Å². The van der Waals surface area contributed by atoms with Gasteiger partial charge in [-0.15, -0.1) is 0 Å². The standard InChI is InChI=1S/C12H12BrN5O/c1-6(2)18-9-4-3-7(13)5-8(9)15-12(18)10-11(14)17-19-16-10/h3-6H,1-2H3,(H2,14,17). The molecule has 0 saturated carbocycles. The van der Waals surface area contributed by atoms with Crippen LogP contribution in [-0.4, -0.2) is 19.9 Å². The highest BCUT2D eigenvalue weighted by Crippen LogP contribution is 2.30. The second-order valence-corrected chi connectivity index (χ2v) is 5.45. The summed E-state index contributed by atoms with van der Waals surface area (Å²) in [7, 11) is 0. The third-order valence-corrected chi connectivity index (χ3v) is 3.39. The number of imidazole rings is 1. The van der Waals surface area contributed by atoms with E-state index in [1.807, 2.05) is 18.2 Å². The first kappa shape index (κ1) is 12.2. The van der Waals surface area contributed by atoms with E-state index < -0.39 is 0 Å². The minimum Gasteiger partial charge on any atom is -0.379 e. The van der Waals surface area contributed by atoms with Crippen molar-refractivity contribution in [1.82, 2.24) is 19.9 Å². The van der Waals surface area contributed by atoms with E-state index in [0.29, 0.717) is 11.5 Å². The lowest BCUT2D eigenvalue weighted by Crippen LogP contribution is -2.04. The fraction of sp³-hybridized carbons (Fsp3) is 0.250. The molecule has 0 saturated heterocycles. The molecule has 0 fully saturated rings. The van der Waals surface area contributed by atoms with Gasteiger partial charge < -0.3 is 10.3 Å². The number of halogens is 1. The van der Waals surface area contributed by atoms with Crippen LogP contribution < -0.4 is 5.73 Å². The number of hydrogen-bond donors (Lipinski definition) is 1. The van der Waals surface area contributed by atoms with Crippen molar-refractivity contribution in [3.05, 3.63) is 22.7 Å². The van der Waals surface area contributed by atoms with E-state index in [1.54, 1.807) is 0 Å². The molecule has 0 radical (unpaired) electrons. The van der Waals surface area contributed by atoms with Crippen LogP contribution in [0.15, 0.2) is 27.3 Å². The Bertz CT molecular complexity index is 746. The maximum atomic E-state index is 5.76. The zero-order valence-electron chi connectivity index (χ0n) is 10.5. The Kier molecular flexibility index (Phi) is 2.78. The summed E-state index contributed by atoms with van der Waals surface area (Å²) in [4.78, 5) is 4.59. The lowest BCUT2D eigenvalue weighted by molar-refractivity contribution is 0.310. The average molecular weight is 322 g/mol. The van der Waals surface area contributed by atoms with Crippen LogP contribution in [0.5, 0.6) is 0 Å². The minimum atomic E-state index is 0.220. The van der Waals surface area contributed by atoms with Crippen LogP contribution in [0.1, 0.15) is 19.9 Å². The maximum absolute atomic E-state index is 5.76. The van der Waals surface area contributed by atoms with E-state index in [0.717, 1.165) is 15.5 Å². The van der Waals surface area contributed by atoms with Gasteiger partial charge in [-0.2, -0.15) is 0 Å². The normalized spacial score (nSPS) is 11.6. The number of nitrogens with zero attached hydrogens (tertiary/aromatic N) is 4. The molecule has 0 aliphatic heterocycles. The molecule has 1 aromatic carbocycles. The zero-order valence-corrected chi connectivity index (χ0v) is 12.0. The summed E-state index contributed by atoms with van der Waals surface area (Å²) in [5.41, 5.74) is 8.14. The van der Waals surface area contributed by atoms with Crippen molar-refractivity contribution in [2.75, 3.05) is 5.73 Å². The first-order valence-electron chi connectivity index (χ1n) is 5.84. The van der Waals surface area contributed by atoms with Crippen molar-refractivity contribution >= 4 is 32.8 Å². The fourth-order valence-corrected chi connectivity index (χ4v) is 2.46. The molecule has 7 heteroatoms. The lowest BCUT2D eigenvalue weighted by atomic mass is 10.3. The Balaban J connectivity index is 2.35. The summed E-state index contributed by atoms with van der Waals surface area (Å²) in [5.74, 6) is 0.915. The molecule has 98 valence electrons. The quantitative estimate of drug-likeness (QED) is 0.784. The summed E-state index contributed by atoms with van der Waals surface area (Å²) in [6, 6.07) is 6.18. The molecule has 2 N–H and O–H groups in total. The molecule has 0 spiro atoms. The van der Waals surface area contributed by atoms with Gasteiger partial charge in [0.2, 0.25) is 0 Å². The monoisotopic (exact) mass is 321 g/mol. The molecule has 0 aliphatic rings. The van der Waals surface area contributed by atoms with E-state index in [1.165, 1.54) is 0 Å². The Labute approximate surface area is 117 Å². The molecule has 0 unspecified atom stereocenters. The minimum absolute atomic E-state index is 0.220. The van der Waals surface area contributed by atoms with Crippen LogP contribution in [0.25, 0.3) is 22.6 Å². The molecule has 6 nitrogen and oxygen atoms in total. The fourth-order valence-electron chi connectivity index (χ4n) is 2.11. The van der Waals surface area contributed by atoms with Gasteiger partial charge in [0.05, 0.1) is 11.0 Å². The Hall–Kier alpha value is -1.89. The van der Waals surface area contributed by atoms with Crippen molar-refractivity contribution in [1.29, 1.82) is 0 Å². The second-order valence-electron chi connectivity index (χ2n) is 4.53. The SMILES string of the molecule is CC(C)n1c(-c2nonc2N)nc2cc(Br)ccc21. The molecule has 2 heterocycles. The van der Waals surface area contributed by atoms with Crippen molar-refractivity contribution in [2.45, 2.75) is 19.9 Å². The predicted molar refractivity (Wildman–Crippen MR) is 75.5 cm³/mol. The Morgan fingerprint density at radius 3 is 2.74 bits per heavy atom. The van der Waals surface area contributed by atoms with Gasteiger partial charge in [0.1, 0.15) is 0 Å². The molecule has 0 aliphatic carbocycles. The van der Waals surface area contributed by atoms with Crippen LogP contribution in [0.2, 0.25) is 0 Å². The van der Waals surface area contributed by atoms with Crippen molar-refractivity contribution in [3.63, 3.8) is 0 Å². The molecule has 2 aromatic heterocycles. The number of hydrogen-bond acceptors (Lipinski definition) is 5. The van der Waals surface area contributed by atoms with Gasteiger partial charge in [-0.3, -0.25) is 0 Å². The summed E-state index contributed by atoms with van der Waals surface area (Å²) in [6.07, 6.45) is 0. The number of anilines is 1. The zero-order chi connectivity index (χ0) is 13.6. The van der Waals surface area contributed by atoms with Crippen LogP contribution in [0.4, 0.5) is 5.82 Å². The van der Waals surface area contributed by atoms with Gasteiger partial charge in [-0.05, 0) is 42.4 Å². The summed E-state index contributed by atoms with van der Waals surface area (Å²) < 4.78 is 7.71. The predicted octanol–water partition coefficient (Wildman–Crippen LogP) is 3.01. The summed E-state index contributed by atoms with van der Waals surface area (Å²) in [5, 5.41) is 7.45. The first-order valence-corrected chi connectivity index (χ1v) is 6.63. The Morgan fingerprint density at radius 1 is 1.32 bits per heavy atom. The molecule has 3 rings (SSSR count). The van der Waals surface area contributed by atoms with Crippen LogP contribution >= 0.6 is 15.9 Å². The van der Waals surface area contributed by atoms with Gasteiger partial charge >= 0.3 is 0 Å². The van der Waals surface area contributed by atoms with E-state index in [2.05, 4.69) is 54.3 Å². The van der Waals surface area contributed by atoms with Gasteiger partial charge in [0.25, 0.3) is 0 Å². The van der Waals surface area contributed by atoms with E-state index in [-0.39, 0.29) is 11.9 Å². The molecule has 0 atom stereocenters. The molecule has 3 aromatic rings. The number of aromatic nitrogens is 4. The Morgan fingerprint density at radius 2 is 2.11 bits per heavy atom. The van der Waals surface area contributed by atoms with E-state index in [4.69, 9.17) is 5.73 Å². The smallest absolute Gasteiger partial charge is 0.199 e. The van der Waals surface area contributed by atoms with Crippen molar-refractivity contribution in [3.8, 4) is 11.5 Å². The van der Waals surface area contributed by atoms with E-state index >= 15 is 0 Å². The largest absolute Gasteiger partial charge is 0.379 e. The van der Waals surface area contributed by atoms with Crippen LogP contribution in [0.3, 0.4) is 0 Å². The van der Waals surface area contributed by atoms with Gasteiger partial charge in [-0.25, -0.2) is 9.61 Å². The number of rotatable bonds is 2. The molecular weight excluding hydrogens is 310 g/mol. The summed E-state index contributed by atoms with van der Waals surface area (Å²) >= 11 is 3.45. The van der Waals surface area contributed by atoms with Crippen LogP contribution in [-0.2, 0) is 0 Å². The maximum Gasteiger partial charge on any atom is 0.199 e. The molecular formula is C12H12BrN5O. The second kappa shape index (κ2) is 4.34. The third kappa shape index (κ3) is 1.90. The average Bonchev–Trinajstić information content (AvgIpc) is 2.91. The van der Waals surface area contributed by atoms with Gasteiger partial charge in [-0.1, -0.05) is 15.9 Å². The lowest BCUT2D eigenvalue weighted by Gasteiger charge is -2.11. The highest BCUT2D eigenvalue weighted by Gasteiger charge is 2.20. The molecule has 0 bridgehead atoms. The third-order valence-electron chi connectivity index (χ3n) is 2.89. The van der Waals surface area contributed by atoms with Crippen LogP contribution in [0, 0.1) is 0 Å². The number of nitrogens with two attached hydrogens (primary N) is 1. The number of benzene rings is 1. The molecule has 0 amide bonds. The van der Waals surface area contributed by atoms with Gasteiger partial charge in [0.15, 0.2) is 17.3 Å². The highest BCUT2D eigenvalue weighted by atomic mass is 79.9. The van der Waals surface area contributed by atoms with Crippen molar-refractivity contribution in [2.24, 2.45) is 0 Å². The number of fused-ring (bicyclic) bond motifs is 1. The first-order chi connectivity index (χ1) is 9.08. The van der Waals surface area contributed by atoms with Gasteiger partial charge in [0, 0.05) is 10.5 Å². The number of nitrogen functional groups attached to an aromatic ring is 1. The summed E-state index contributed by atoms with van der Waals surface area (Å²) in [6.45, 7) is 4.16.